The Hall–Kier alpha value is -1.91. The highest BCUT2D eigenvalue weighted by Gasteiger charge is 2.14. The number of rotatable bonds is 1. The van der Waals surface area contributed by atoms with Gasteiger partial charge in [0.1, 0.15) is 7.05 Å². The van der Waals surface area contributed by atoms with Crippen molar-refractivity contribution in [3.63, 3.8) is 0 Å². The fourth-order valence-electron chi connectivity index (χ4n) is 0.968. The summed E-state index contributed by atoms with van der Waals surface area (Å²) in [5, 5.41) is 0. The molecule has 5 nitrogen and oxygen atoms in total. The maximum atomic E-state index is 11.4. The highest BCUT2D eigenvalue weighted by atomic mass is 16.2. The van der Waals surface area contributed by atoms with Gasteiger partial charge in [-0.15, -0.1) is 0 Å². The Morgan fingerprint density at radius 1 is 1.29 bits per heavy atom. The third kappa shape index (κ3) is 2.55. The van der Waals surface area contributed by atoms with Crippen molar-refractivity contribution in [1.82, 2.24) is 10.9 Å². The van der Waals surface area contributed by atoms with Crippen molar-refractivity contribution in [2.45, 2.75) is 6.92 Å². The molecule has 14 heavy (non-hydrogen) atoms. The SMILES string of the molecule is CC(=O)NNC(=O)c1cccc[n+]1C. The second-order valence-electron chi connectivity index (χ2n) is 2.83. The number of hydrogen-bond acceptors (Lipinski definition) is 2. The van der Waals surface area contributed by atoms with Crippen LogP contribution in [-0.4, -0.2) is 11.8 Å². The van der Waals surface area contributed by atoms with Gasteiger partial charge in [-0.05, 0) is 6.07 Å². The molecule has 2 N–H and O–H groups in total. The van der Waals surface area contributed by atoms with Crippen molar-refractivity contribution in [1.29, 1.82) is 0 Å². The van der Waals surface area contributed by atoms with E-state index in [2.05, 4.69) is 10.9 Å². The molecule has 0 aromatic carbocycles. The average molecular weight is 194 g/mol. The number of pyridine rings is 1. The predicted molar refractivity (Wildman–Crippen MR) is 48.9 cm³/mol. The van der Waals surface area contributed by atoms with E-state index in [1.54, 1.807) is 29.9 Å². The van der Waals surface area contributed by atoms with Crippen LogP contribution in [0.2, 0.25) is 0 Å². The number of nitrogens with zero attached hydrogens (tertiary/aromatic N) is 1. The Bertz CT molecular complexity index is 363. The van der Waals surface area contributed by atoms with Gasteiger partial charge in [0.05, 0.1) is 0 Å². The van der Waals surface area contributed by atoms with Gasteiger partial charge >= 0.3 is 5.91 Å². The third-order valence-corrected chi connectivity index (χ3v) is 1.64. The number of carbonyl (C=O) groups excluding carboxylic acids is 2. The molecular formula is C9H12N3O2+. The van der Waals surface area contributed by atoms with Gasteiger partial charge in [-0.3, -0.25) is 20.4 Å². The molecule has 0 aliphatic carbocycles. The van der Waals surface area contributed by atoms with E-state index in [0.717, 1.165) is 0 Å². The van der Waals surface area contributed by atoms with Gasteiger partial charge in [0, 0.05) is 19.1 Å². The smallest absolute Gasteiger partial charge is 0.274 e. The quantitative estimate of drug-likeness (QED) is 0.458. The predicted octanol–water partition coefficient (Wildman–Crippen LogP) is -0.708. The van der Waals surface area contributed by atoms with Crippen LogP contribution in [0.5, 0.6) is 0 Å². The van der Waals surface area contributed by atoms with E-state index in [0.29, 0.717) is 5.69 Å². The molecule has 0 radical (unpaired) electrons. The number of hydrogen-bond donors (Lipinski definition) is 2. The molecule has 0 aliphatic heterocycles. The first-order chi connectivity index (χ1) is 6.61. The molecule has 0 saturated heterocycles. The molecule has 1 heterocycles. The molecule has 0 aliphatic rings. The maximum Gasteiger partial charge on any atom is 0.334 e. The van der Waals surface area contributed by atoms with Crippen molar-refractivity contribution < 1.29 is 14.2 Å². The van der Waals surface area contributed by atoms with Crippen LogP contribution in [0.1, 0.15) is 17.4 Å². The number of hydrazine groups is 1. The van der Waals surface area contributed by atoms with Crippen LogP contribution in [0, 0.1) is 0 Å². The first-order valence-corrected chi connectivity index (χ1v) is 4.13. The minimum Gasteiger partial charge on any atom is -0.274 e. The Labute approximate surface area is 81.7 Å². The van der Waals surface area contributed by atoms with Crippen molar-refractivity contribution in [3.05, 3.63) is 30.1 Å². The number of carbonyl (C=O) groups is 2. The van der Waals surface area contributed by atoms with Crippen LogP contribution in [0.25, 0.3) is 0 Å². The van der Waals surface area contributed by atoms with Crippen molar-refractivity contribution in [3.8, 4) is 0 Å². The second-order valence-corrected chi connectivity index (χ2v) is 2.83. The van der Waals surface area contributed by atoms with Crippen LogP contribution in [0.15, 0.2) is 24.4 Å². The summed E-state index contributed by atoms with van der Waals surface area (Å²) in [6.07, 6.45) is 1.75. The second kappa shape index (κ2) is 4.36. The molecule has 0 spiro atoms. The fourth-order valence-corrected chi connectivity index (χ4v) is 0.968. The van der Waals surface area contributed by atoms with E-state index in [1.165, 1.54) is 6.92 Å². The minimum atomic E-state index is -0.344. The molecule has 0 saturated carbocycles. The summed E-state index contributed by atoms with van der Waals surface area (Å²) in [5.41, 5.74) is 4.97. The number of aryl methyl sites for hydroxylation is 1. The van der Waals surface area contributed by atoms with E-state index >= 15 is 0 Å². The van der Waals surface area contributed by atoms with E-state index in [9.17, 15) is 9.59 Å². The normalized spacial score (nSPS) is 9.29. The number of amides is 2. The zero-order chi connectivity index (χ0) is 10.6. The molecule has 74 valence electrons. The van der Waals surface area contributed by atoms with Crippen LogP contribution in [0.3, 0.4) is 0 Å². The summed E-state index contributed by atoms with van der Waals surface area (Å²) < 4.78 is 1.66. The van der Waals surface area contributed by atoms with Crippen LogP contribution >= 0.6 is 0 Å². The first-order valence-electron chi connectivity index (χ1n) is 4.13. The van der Waals surface area contributed by atoms with Crippen LogP contribution < -0.4 is 15.4 Å². The number of aromatic nitrogens is 1. The van der Waals surface area contributed by atoms with Gasteiger partial charge in [0.15, 0.2) is 6.20 Å². The van der Waals surface area contributed by atoms with Gasteiger partial charge in [0.2, 0.25) is 5.91 Å². The number of nitrogens with one attached hydrogen (secondary N) is 2. The Morgan fingerprint density at radius 2 is 2.00 bits per heavy atom. The standard InChI is InChI=1S/C9H11N3O2/c1-7(13)10-11-9(14)8-5-3-4-6-12(8)2/h3-6,14H,1-2H3/p+1. The summed E-state index contributed by atoms with van der Waals surface area (Å²) in [6, 6.07) is 5.23. The van der Waals surface area contributed by atoms with Gasteiger partial charge < -0.3 is 0 Å². The summed E-state index contributed by atoms with van der Waals surface area (Å²) in [5.74, 6) is -0.653. The van der Waals surface area contributed by atoms with Gasteiger partial charge in [0.25, 0.3) is 5.69 Å². The lowest BCUT2D eigenvalue weighted by Gasteiger charge is -2.02. The van der Waals surface area contributed by atoms with Crippen LogP contribution in [0.4, 0.5) is 0 Å². The molecule has 5 heteroatoms. The Balaban J connectivity index is 2.70. The van der Waals surface area contributed by atoms with E-state index in [1.807, 2.05) is 6.07 Å². The molecule has 1 aromatic heterocycles. The van der Waals surface area contributed by atoms with Crippen LogP contribution in [-0.2, 0) is 11.8 Å². The summed E-state index contributed by atoms with van der Waals surface area (Å²) >= 11 is 0. The molecule has 0 atom stereocenters. The van der Waals surface area contributed by atoms with E-state index in [-0.39, 0.29) is 11.8 Å². The largest absolute Gasteiger partial charge is 0.334 e. The fraction of sp³-hybridized carbons (Fsp3) is 0.222. The molecule has 0 fully saturated rings. The lowest BCUT2D eigenvalue weighted by atomic mass is 10.3. The lowest BCUT2D eigenvalue weighted by Crippen LogP contribution is -2.46. The Morgan fingerprint density at radius 3 is 2.57 bits per heavy atom. The third-order valence-electron chi connectivity index (χ3n) is 1.64. The topological polar surface area (TPSA) is 62.1 Å². The van der Waals surface area contributed by atoms with Crippen molar-refractivity contribution >= 4 is 11.8 Å². The summed E-state index contributed by atoms with van der Waals surface area (Å²) in [7, 11) is 1.75. The van der Waals surface area contributed by atoms with E-state index < -0.39 is 0 Å². The zero-order valence-corrected chi connectivity index (χ0v) is 8.07. The Kier molecular flexibility index (Phi) is 3.17. The maximum absolute atomic E-state index is 11.4. The molecular weight excluding hydrogens is 182 g/mol. The molecule has 1 aromatic rings. The average Bonchev–Trinajstić information content (AvgIpc) is 2.15. The molecule has 1 rings (SSSR count). The zero-order valence-electron chi connectivity index (χ0n) is 8.07. The molecule has 0 bridgehead atoms. The highest BCUT2D eigenvalue weighted by Crippen LogP contribution is 1.88. The first kappa shape index (κ1) is 10.2. The highest BCUT2D eigenvalue weighted by molar-refractivity contribution is 5.92. The van der Waals surface area contributed by atoms with Crippen molar-refractivity contribution in [2.24, 2.45) is 7.05 Å². The lowest BCUT2D eigenvalue weighted by molar-refractivity contribution is -0.673. The monoisotopic (exact) mass is 194 g/mol. The van der Waals surface area contributed by atoms with Gasteiger partial charge in [-0.25, -0.2) is 0 Å². The minimum absolute atomic E-state index is 0.308. The summed E-state index contributed by atoms with van der Waals surface area (Å²) in [4.78, 5) is 22.0. The van der Waals surface area contributed by atoms with E-state index in [4.69, 9.17) is 0 Å². The summed E-state index contributed by atoms with van der Waals surface area (Å²) in [6.45, 7) is 1.32. The van der Waals surface area contributed by atoms with Gasteiger partial charge in [-0.1, -0.05) is 0 Å². The molecule has 2 amide bonds. The van der Waals surface area contributed by atoms with Crippen molar-refractivity contribution in [2.75, 3.05) is 0 Å². The molecule has 0 unspecified atom stereocenters. The van der Waals surface area contributed by atoms with Gasteiger partial charge in [-0.2, -0.15) is 4.57 Å².